The second-order valence-corrected chi connectivity index (χ2v) is 6.54. The molecule has 2 rings (SSSR count). The van der Waals surface area contributed by atoms with Crippen LogP contribution in [0.3, 0.4) is 0 Å². The van der Waals surface area contributed by atoms with Crippen molar-refractivity contribution in [1.82, 2.24) is 5.32 Å². The fraction of sp³-hybridized carbons (Fsp3) is 0.667. The average molecular weight is 274 g/mol. The van der Waals surface area contributed by atoms with E-state index in [0.717, 1.165) is 19.0 Å². The molecule has 1 atom stereocenters. The van der Waals surface area contributed by atoms with Crippen LogP contribution in [-0.4, -0.2) is 25.7 Å². The SMILES string of the molecule is CCC(CNCC(C)C)N1CCCc2cc(C)ccc21. The van der Waals surface area contributed by atoms with Crippen molar-refractivity contribution in [1.29, 1.82) is 0 Å². The molecule has 1 aliphatic heterocycles. The lowest BCUT2D eigenvalue weighted by Crippen LogP contribution is -2.45. The summed E-state index contributed by atoms with van der Waals surface area (Å²) in [7, 11) is 0. The van der Waals surface area contributed by atoms with Crippen molar-refractivity contribution in [3.63, 3.8) is 0 Å². The van der Waals surface area contributed by atoms with Gasteiger partial charge in [0, 0.05) is 24.8 Å². The third-order valence-electron chi connectivity index (χ3n) is 4.23. The Balaban J connectivity index is 2.07. The maximum atomic E-state index is 3.63. The third-order valence-corrected chi connectivity index (χ3v) is 4.23. The zero-order valence-electron chi connectivity index (χ0n) is 13.6. The highest BCUT2D eigenvalue weighted by molar-refractivity contribution is 5.57. The normalized spacial score (nSPS) is 16.4. The van der Waals surface area contributed by atoms with Crippen molar-refractivity contribution in [2.24, 2.45) is 5.92 Å². The van der Waals surface area contributed by atoms with Crippen molar-refractivity contribution in [3.8, 4) is 0 Å². The van der Waals surface area contributed by atoms with Gasteiger partial charge in [-0.3, -0.25) is 0 Å². The molecule has 1 aliphatic rings. The number of fused-ring (bicyclic) bond motifs is 1. The molecule has 0 aromatic heterocycles. The van der Waals surface area contributed by atoms with Gasteiger partial charge in [-0.2, -0.15) is 0 Å². The van der Waals surface area contributed by atoms with E-state index in [1.165, 1.54) is 37.1 Å². The van der Waals surface area contributed by atoms with Crippen LogP contribution in [-0.2, 0) is 6.42 Å². The van der Waals surface area contributed by atoms with E-state index >= 15 is 0 Å². The third kappa shape index (κ3) is 3.76. The number of anilines is 1. The Bertz CT molecular complexity index is 425. The molecule has 0 radical (unpaired) electrons. The Morgan fingerprint density at radius 1 is 1.25 bits per heavy atom. The Morgan fingerprint density at radius 3 is 2.75 bits per heavy atom. The van der Waals surface area contributed by atoms with Gasteiger partial charge in [0.15, 0.2) is 0 Å². The molecule has 1 aromatic carbocycles. The molecule has 0 saturated carbocycles. The fourth-order valence-electron chi connectivity index (χ4n) is 3.15. The quantitative estimate of drug-likeness (QED) is 0.849. The number of nitrogens with one attached hydrogen (secondary N) is 1. The van der Waals surface area contributed by atoms with Crippen LogP contribution in [0, 0.1) is 12.8 Å². The molecule has 1 N–H and O–H groups in total. The van der Waals surface area contributed by atoms with Gasteiger partial charge in [0.05, 0.1) is 0 Å². The molecule has 0 spiro atoms. The van der Waals surface area contributed by atoms with E-state index in [1.807, 2.05) is 0 Å². The molecule has 112 valence electrons. The van der Waals surface area contributed by atoms with E-state index < -0.39 is 0 Å². The number of benzene rings is 1. The predicted molar refractivity (Wildman–Crippen MR) is 88.6 cm³/mol. The summed E-state index contributed by atoms with van der Waals surface area (Å²) in [5.74, 6) is 0.726. The first-order chi connectivity index (χ1) is 9.61. The van der Waals surface area contributed by atoms with Crippen LogP contribution < -0.4 is 10.2 Å². The molecule has 2 nitrogen and oxygen atoms in total. The van der Waals surface area contributed by atoms with Crippen LogP contribution in [0.2, 0.25) is 0 Å². The fourth-order valence-corrected chi connectivity index (χ4v) is 3.15. The minimum Gasteiger partial charge on any atom is -0.367 e. The molecular weight excluding hydrogens is 244 g/mol. The van der Waals surface area contributed by atoms with Crippen LogP contribution >= 0.6 is 0 Å². The van der Waals surface area contributed by atoms with Crippen LogP contribution in [0.25, 0.3) is 0 Å². The van der Waals surface area contributed by atoms with Gasteiger partial charge >= 0.3 is 0 Å². The zero-order chi connectivity index (χ0) is 14.5. The number of aryl methyl sites for hydroxylation is 2. The molecule has 0 fully saturated rings. The molecule has 0 aliphatic carbocycles. The van der Waals surface area contributed by atoms with Gasteiger partial charge in [-0.15, -0.1) is 0 Å². The summed E-state index contributed by atoms with van der Waals surface area (Å²) in [6.45, 7) is 12.5. The van der Waals surface area contributed by atoms with Crippen LogP contribution in [0.4, 0.5) is 5.69 Å². The number of rotatable bonds is 6. The van der Waals surface area contributed by atoms with Crippen molar-refractivity contribution < 1.29 is 0 Å². The first-order valence-corrected chi connectivity index (χ1v) is 8.18. The topological polar surface area (TPSA) is 15.3 Å². The lowest BCUT2D eigenvalue weighted by Gasteiger charge is -2.38. The van der Waals surface area contributed by atoms with Crippen LogP contribution in [0.5, 0.6) is 0 Å². The van der Waals surface area contributed by atoms with E-state index in [-0.39, 0.29) is 0 Å². The number of nitrogens with zero attached hydrogens (tertiary/aromatic N) is 1. The van der Waals surface area contributed by atoms with Gasteiger partial charge in [0.2, 0.25) is 0 Å². The van der Waals surface area contributed by atoms with Gasteiger partial charge in [-0.25, -0.2) is 0 Å². The molecule has 0 amide bonds. The Labute approximate surface area is 124 Å². The lowest BCUT2D eigenvalue weighted by molar-refractivity contribution is 0.474. The van der Waals surface area contributed by atoms with E-state index in [0.29, 0.717) is 6.04 Å². The first-order valence-electron chi connectivity index (χ1n) is 8.18. The second-order valence-electron chi connectivity index (χ2n) is 6.54. The van der Waals surface area contributed by atoms with E-state index in [4.69, 9.17) is 0 Å². The zero-order valence-corrected chi connectivity index (χ0v) is 13.6. The summed E-state index contributed by atoms with van der Waals surface area (Å²) in [5.41, 5.74) is 4.40. The van der Waals surface area contributed by atoms with Crippen molar-refractivity contribution >= 4 is 5.69 Å². The molecule has 2 heteroatoms. The first kappa shape index (κ1) is 15.4. The van der Waals surface area contributed by atoms with Crippen molar-refractivity contribution in [3.05, 3.63) is 29.3 Å². The summed E-state index contributed by atoms with van der Waals surface area (Å²) >= 11 is 0. The number of hydrogen-bond donors (Lipinski definition) is 1. The van der Waals surface area contributed by atoms with Gasteiger partial charge in [-0.05, 0) is 50.3 Å². The van der Waals surface area contributed by atoms with Crippen LogP contribution in [0.15, 0.2) is 18.2 Å². The minimum atomic E-state index is 0.621. The molecular formula is C18H30N2. The Hall–Kier alpha value is -1.02. The molecule has 20 heavy (non-hydrogen) atoms. The largest absolute Gasteiger partial charge is 0.367 e. The molecule has 0 saturated heterocycles. The predicted octanol–water partition coefficient (Wildman–Crippen LogP) is 3.77. The summed E-state index contributed by atoms with van der Waals surface area (Å²) in [6, 6.07) is 7.58. The van der Waals surface area contributed by atoms with Crippen LogP contribution in [0.1, 0.15) is 44.7 Å². The highest BCUT2D eigenvalue weighted by atomic mass is 15.2. The van der Waals surface area contributed by atoms with Crippen molar-refractivity contribution in [2.75, 3.05) is 24.5 Å². The van der Waals surface area contributed by atoms with Gasteiger partial charge in [0.1, 0.15) is 0 Å². The monoisotopic (exact) mass is 274 g/mol. The van der Waals surface area contributed by atoms with E-state index in [9.17, 15) is 0 Å². The molecule has 1 unspecified atom stereocenters. The standard InChI is InChI=1S/C18H30N2/c1-5-17(13-19-12-14(2)3)20-10-6-7-16-11-15(4)8-9-18(16)20/h8-9,11,14,17,19H,5-7,10,12-13H2,1-4H3. The second kappa shape index (κ2) is 7.12. The summed E-state index contributed by atoms with van der Waals surface area (Å²) in [5, 5.41) is 3.63. The molecule has 1 aromatic rings. The van der Waals surface area contributed by atoms with Crippen molar-refractivity contribution in [2.45, 2.75) is 53.0 Å². The van der Waals surface area contributed by atoms with Gasteiger partial charge in [0.25, 0.3) is 0 Å². The summed E-state index contributed by atoms with van der Waals surface area (Å²) in [6.07, 6.45) is 3.74. The maximum Gasteiger partial charge on any atom is 0.0412 e. The van der Waals surface area contributed by atoms with E-state index in [2.05, 4.69) is 56.1 Å². The Kier molecular flexibility index (Phi) is 5.47. The van der Waals surface area contributed by atoms with E-state index in [1.54, 1.807) is 5.56 Å². The highest BCUT2D eigenvalue weighted by Crippen LogP contribution is 2.30. The molecule has 0 bridgehead atoms. The van der Waals surface area contributed by atoms with Gasteiger partial charge in [-0.1, -0.05) is 38.5 Å². The smallest absolute Gasteiger partial charge is 0.0412 e. The summed E-state index contributed by atoms with van der Waals surface area (Å²) < 4.78 is 0. The summed E-state index contributed by atoms with van der Waals surface area (Å²) in [4.78, 5) is 2.63. The minimum absolute atomic E-state index is 0.621. The molecule has 1 heterocycles. The maximum absolute atomic E-state index is 3.63. The Morgan fingerprint density at radius 2 is 2.05 bits per heavy atom. The number of hydrogen-bond acceptors (Lipinski definition) is 2. The average Bonchev–Trinajstić information content (AvgIpc) is 2.42. The lowest BCUT2D eigenvalue weighted by atomic mass is 9.97. The highest BCUT2D eigenvalue weighted by Gasteiger charge is 2.22. The van der Waals surface area contributed by atoms with Gasteiger partial charge < -0.3 is 10.2 Å².